The summed E-state index contributed by atoms with van der Waals surface area (Å²) >= 11 is 1.84. The molecular weight excluding hydrogens is 821 g/mol. The van der Waals surface area contributed by atoms with Crippen LogP contribution in [0, 0.1) is 0 Å². The average Bonchev–Trinajstić information content (AvgIpc) is 3.74. The minimum absolute atomic E-state index is 0.560. The number of benzene rings is 10. The summed E-state index contributed by atoms with van der Waals surface area (Å²) in [5.74, 6) is 1.75. The fourth-order valence-electron chi connectivity index (χ4n) is 9.70. The summed E-state index contributed by atoms with van der Waals surface area (Å²) in [7, 11) is 0. The van der Waals surface area contributed by atoms with Crippen LogP contribution in [0.4, 0.5) is 0 Å². The molecule has 13 rings (SSSR count). The van der Waals surface area contributed by atoms with Crippen molar-refractivity contribution in [3.8, 4) is 84.4 Å². The molecule has 2 aromatic heterocycles. The Morgan fingerprint density at radius 2 is 0.803 bits per heavy atom. The molecule has 12 aromatic rings. The highest BCUT2D eigenvalue weighted by molar-refractivity contribution is 8.00. The molecule has 4 nitrogen and oxygen atoms in total. The quantitative estimate of drug-likeness (QED) is 0.160. The maximum atomic E-state index is 5.57. The molecule has 5 heteroatoms. The van der Waals surface area contributed by atoms with Gasteiger partial charge in [-0.25, -0.2) is 4.98 Å². The SMILES string of the molecule is c1ccc(-c2cc(-c3ccccc3)cc(-c3nc(-c4cc(-c5ccccc5)cc(-c5ccccc5)c4)nc(-n4c5ccccc5c5ccc6c(c54)Sc4cccc5cccc-6c45)n3)c2)cc1. The first-order valence-corrected chi connectivity index (χ1v) is 23.1. The van der Waals surface area contributed by atoms with Gasteiger partial charge in [-0.15, -0.1) is 0 Å². The van der Waals surface area contributed by atoms with Gasteiger partial charge in [0, 0.05) is 37.1 Å². The lowest BCUT2D eigenvalue weighted by molar-refractivity contribution is 0.949. The van der Waals surface area contributed by atoms with Crippen molar-refractivity contribution in [2.45, 2.75) is 9.79 Å². The van der Waals surface area contributed by atoms with Gasteiger partial charge < -0.3 is 0 Å². The van der Waals surface area contributed by atoms with E-state index in [1.807, 2.05) is 11.8 Å². The molecule has 0 N–H and O–H groups in total. The summed E-state index contributed by atoms with van der Waals surface area (Å²) in [6.07, 6.45) is 0. The Morgan fingerprint density at radius 3 is 1.33 bits per heavy atom. The second-order valence-corrected chi connectivity index (χ2v) is 17.8. The monoisotopic (exact) mass is 858 g/mol. The van der Waals surface area contributed by atoms with Crippen LogP contribution >= 0.6 is 11.8 Å². The fraction of sp³-hybridized carbons (Fsp3) is 0. The minimum Gasteiger partial charge on any atom is -0.277 e. The van der Waals surface area contributed by atoms with Gasteiger partial charge in [0.05, 0.1) is 11.0 Å². The molecule has 0 bridgehead atoms. The molecule has 66 heavy (non-hydrogen) atoms. The van der Waals surface area contributed by atoms with Crippen LogP contribution in [0.25, 0.3) is 117 Å². The Bertz CT molecular complexity index is 3560. The molecule has 0 radical (unpaired) electrons. The number of fused-ring (bicyclic) bond motifs is 6. The molecule has 3 heterocycles. The highest BCUT2D eigenvalue weighted by atomic mass is 32.2. The Morgan fingerprint density at radius 1 is 0.333 bits per heavy atom. The van der Waals surface area contributed by atoms with Crippen LogP contribution in [0.1, 0.15) is 0 Å². The molecule has 308 valence electrons. The first kappa shape index (κ1) is 38.1. The summed E-state index contributed by atoms with van der Waals surface area (Å²) in [5.41, 5.74) is 15.2. The molecule has 0 saturated heterocycles. The summed E-state index contributed by atoms with van der Waals surface area (Å²) in [4.78, 5) is 19.1. The molecule has 0 atom stereocenters. The molecule has 0 amide bonds. The van der Waals surface area contributed by atoms with E-state index in [0.717, 1.165) is 77.4 Å². The molecule has 0 unspecified atom stereocenters. The van der Waals surface area contributed by atoms with E-state index in [0.29, 0.717) is 17.6 Å². The number of hydrogen-bond donors (Lipinski definition) is 0. The second kappa shape index (κ2) is 15.7. The zero-order valence-corrected chi connectivity index (χ0v) is 36.5. The second-order valence-electron chi connectivity index (χ2n) is 16.8. The van der Waals surface area contributed by atoms with Crippen molar-refractivity contribution in [1.29, 1.82) is 0 Å². The lowest BCUT2D eigenvalue weighted by Crippen LogP contribution is -2.07. The van der Waals surface area contributed by atoms with Crippen LogP contribution in [0.2, 0.25) is 0 Å². The lowest BCUT2D eigenvalue weighted by atomic mass is 9.95. The van der Waals surface area contributed by atoms with E-state index in [4.69, 9.17) is 15.0 Å². The zero-order valence-electron chi connectivity index (χ0n) is 35.6. The topological polar surface area (TPSA) is 43.6 Å². The summed E-state index contributed by atoms with van der Waals surface area (Å²) in [6.45, 7) is 0. The maximum absolute atomic E-state index is 5.57. The fourth-order valence-corrected chi connectivity index (χ4v) is 11.0. The van der Waals surface area contributed by atoms with Gasteiger partial charge in [-0.1, -0.05) is 194 Å². The molecule has 0 fully saturated rings. The third-order valence-electron chi connectivity index (χ3n) is 12.8. The first-order chi connectivity index (χ1) is 32.7. The minimum atomic E-state index is 0.560. The maximum Gasteiger partial charge on any atom is 0.238 e. The van der Waals surface area contributed by atoms with Gasteiger partial charge in [0.2, 0.25) is 5.95 Å². The smallest absolute Gasteiger partial charge is 0.238 e. The van der Waals surface area contributed by atoms with Crippen LogP contribution in [-0.4, -0.2) is 19.5 Å². The average molecular weight is 859 g/mol. The number of aromatic nitrogens is 4. The van der Waals surface area contributed by atoms with Gasteiger partial charge in [-0.2, -0.15) is 9.97 Å². The molecule has 10 aromatic carbocycles. The zero-order chi connectivity index (χ0) is 43.6. The third-order valence-corrected chi connectivity index (χ3v) is 14.0. The molecule has 1 aliphatic heterocycles. The van der Waals surface area contributed by atoms with Crippen molar-refractivity contribution in [3.05, 3.63) is 231 Å². The summed E-state index contributed by atoms with van der Waals surface area (Å²) in [5, 5.41) is 4.84. The highest BCUT2D eigenvalue weighted by Gasteiger charge is 2.27. The van der Waals surface area contributed by atoms with Crippen molar-refractivity contribution in [2.24, 2.45) is 0 Å². The van der Waals surface area contributed by atoms with E-state index in [1.54, 1.807) is 0 Å². The van der Waals surface area contributed by atoms with Gasteiger partial charge in [0.1, 0.15) is 0 Å². The van der Waals surface area contributed by atoms with Gasteiger partial charge in [0.15, 0.2) is 11.6 Å². The molecule has 0 spiro atoms. The highest BCUT2D eigenvalue weighted by Crippen LogP contribution is 2.52. The van der Waals surface area contributed by atoms with Gasteiger partial charge in [0.25, 0.3) is 0 Å². The van der Waals surface area contributed by atoms with Crippen molar-refractivity contribution < 1.29 is 0 Å². The predicted molar refractivity (Wildman–Crippen MR) is 274 cm³/mol. The van der Waals surface area contributed by atoms with E-state index in [-0.39, 0.29) is 0 Å². The third kappa shape index (κ3) is 6.51. The number of para-hydroxylation sites is 1. The van der Waals surface area contributed by atoms with Crippen LogP contribution in [0.15, 0.2) is 240 Å². The summed E-state index contributed by atoms with van der Waals surface area (Å²) in [6, 6.07) is 82.2. The van der Waals surface area contributed by atoms with E-state index in [1.165, 1.54) is 31.7 Å². The molecule has 0 saturated carbocycles. The van der Waals surface area contributed by atoms with Gasteiger partial charge in [-0.05, 0) is 110 Å². The number of nitrogens with zero attached hydrogens (tertiary/aromatic N) is 4. The van der Waals surface area contributed by atoms with Crippen molar-refractivity contribution in [2.75, 3.05) is 0 Å². The van der Waals surface area contributed by atoms with E-state index >= 15 is 0 Å². The van der Waals surface area contributed by atoms with Crippen LogP contribution in [0.5, 0.6) is 0 Å². The predicted octanol–water partition coefficient (Wildman–Crippen LogP) is 16.3. The van der Waals surface area contributed by atoms with E-state index in [2.05, 4.69) is 235 Å². The van der Waals surface area contributed by atoms with Crippen molar-refractivity contribution >= 4 is 44.3 Å². The lowest BCUT2D eigenvalue weighted by Gasteiger charge is -2.22. The number of hydrogen-bond acceptors (Lipinski definition) is 4. The van der Waals surface area contributed by atoms with E-state index in [9.17, 15) is 0 Å². The number of rotatable bonds is 7. The molecule has 1 aliphatic rings. The summed E-state index contributed by atoms with van der Waals surface area (Å²) < 4.78 is 2.29. The van der Waals surface area contributed by atoms with Gasteiger partial charge in [-0.3, -0.25) is 4.57 Å². The normalized spacial score (nSPS) is 11.9. The standard InChI is InChI=1S/C61H38N4S/c1-5-17-39(18-6-1)44-33-45(40-19-7-2-8-20-40)36-48(35-44)59-62-60(49-37-46(41-21-9-3-10-22-41)34-47(38-49)42-23-11-4-12-24-42)64-61(63-59)65-54-29-14-13-27-50(54)52-31-32-53-51-28-15-25-43-26-16-30-55(56(43)51)66-58(53)57(52)65/h1-38H. The van der Waals surface area contributed by atoms with Crippen LogP contribution in [0.3, 0.4) is 0 Å². The molecular formula is C61H38N4S. The van der Waals surface area contributed by atoms with Crippen LogP contribution in [-0.2, 0) is 0 Å². The first-order valence-electron chi connectivity index (χ1n) is 22.3. The Balaban J connectivity index is 1.12. The van der Waals surface area contributed by atoms with E-state index < -0.39 is 0 Å². The molecule has 0 aliphatic carbocycles. The van der Waals surface area contributed by atoms with Crippen molar-refractivity contribution in [3.63, 3.8) is 0 Å². The van der Waals surface area contributed by atoms with Gasteiger partial charge >= 0.3 is 0 Å². The Labute approximate surface area is 386 Å². The van der Waals surface area contributed by atoms with Crippen molar-refractivity contribution in [1.82, 2.24) is 19.5 Å². The Hall–Kier alpha value is -8.38. The van der Waals surface area contributed by atoms with Crippen LogP contribution < -0.4 is 0 Å². The Kier molecular flexibility index (Phi) is 9.07. The largest absolute Gasteiger partial charge is 0.277 e.